The van der Waals surface area contributed by atoms with E-state index in [0.717, 1.165) is 19.0 Å². The summed E-state index contributed by atoms with van der Waals surface area (Å²) in [7, 11) is 0. The van der Waals surface area contributed by atoms with Crippen LogP contribution in [-0.4, -0.2) is 31.4 Å². The first-order chi connectivity index (χ1) is 9.17. The quantitative estimate of drug-likeness (QED) is 0.862. The first kappa shape index (κ1) is 14.2. The van der Waals surface area contributed by atoms with Gasteiger partial charge in [0.1, 0.15) is 12.2 Å². The molecule has 3 atom stereocenters. The number of hydrogen-bond donors (Lipinski definition) is 1. The van der Waals surface area contributed by atoms with E-state index in [1.807, 2.05) is 13.8 Å². The Morgan fingerprint density at radius 3 is 2.79 bits per heavy atom. The molecule has 106 valence electrons. The highest BCUT2D eigenvalue weighted by atomic mass is 19.2. The Labute approximate surface area is 111 Å². The molecule has 0 heterocycles. The lowest BCUT2D eigenvalue weighted by Gasteiger charge is -2.44. The maximum absolute atomic E-state index is 13.5. The van der Waals surface area contributed by atoms with Crippen LogP contribution < -0.4 is 10.1 Å². The van der Waals surface area contributed by atoms with Gasteiger partial charge < -0.3 is 14.8 Å². The van der Waals surface area contributed by atoms with Crippen LogP contribution in [0.25, 0.3) is 0 Å². The van der Waals surface area contributed by atoms with Crippen LogP contribution in [0, 0.1) is 11.6 Å². The standard InChI is InChI=1S/C14H19F2NO2/c1-3-17-10-8-12(14(10)18-4-2)19-11-7-5-6-9(15)13(11)16/h5-7,10,12,14,17H,3-4,8H2,1-2H3. The van der Waals surface area contributed by atoms with Gasteiger partial charge in [-0.2, -0.15) is 4.39 Å². The Balaban J connectivity index is 2.01. The third-order valence-corrected chi connectivity index (χ3v) is 3.27. The number of halogens is 2. The van der Waals surface area contributed by atoms with Crippen molar-refractivity contribution in [3.8, 4) is 5.75 Å². The minimum absolute atomic E-state index is 0.0512. The van der Waals surface area contributed by atoms with Crippen molar-refractivity contribution in [3.63, 3.8) is 0 Å². The molecule has 1 saturated carbocycles. The average molecular weight is 271 g/mol. The molecule has 0 spiro atoms. The molecule has 2 rings (SSSR count). The van der Waals surface area contributed by atoms with Crippen molar-refractivity contribution in [2.45, 2.75) is 38.5 Å². The topological polar surface area (TPSA) is 30.5 Å². The average Bonchev–Trinajstić information content (AvgIpc) is 2.39. The van der Waals surface area contributed by atoms with Gasteiger partial charge in [0.2, 0.25) is 5.82 Å². The van der Waals surface area contributed by atoms with E-state index in [9.17, 15) is 8.78 Å². The van der Waals surface area contributed by atoms with Crippen LogP contribution in [0.1, 0.15) is 20.3 Å². The van der Waals surface area contributed by atoms with E-state index in [2.05, 4.69) is 5.32 Å². The van der Waals surface area contributed by atoms with Gasteiger partial charge in [0.25, 0.3) is 0 Å². The maximum Gasteiger partial charge on any atom is 0.200 e. The number of nitrogens with one attached hydrogen (secondary N) is 1. The molecule has 1 aliphatic carbocycles. The van der Waals surface area contributed by atoms with Crippen LogP contribution in [0.15, 0.2) is 18.2 Å². The van der Waals surface area contributed by atoms with E-state index in [1.165, 1.54) is 12.1 Å². The number of ether oxygens (including phenoxy) is 2. The molecule has 5 heteroatoms. The summed E-state index contributed by atoms with van der Waals surface area (Å²) in [5.41, 5.74) is 0. The summed E-state index contributed by atoms with van der Waals surface area (Å²) in [4.78, 5) is 0. The predicted molar refractivity (Wildman–Crippen MR) is 68.3 cm³/mol. The van der Waals surface area contributed by atoms with E-state index in [4.69, 9.17) is 9.47 Å². The summed E-state index contributed by atoms with van der Waals surface area (Å²) in [5.74, 6) is -1.89. The van der Waals surface area contributed by atoms with Crippen molar-refractivity contribution in [2.75, 3.05) is 13.2 Å². The third kappa shape index (κ3) is 3.04. The van der Waals surface area contributed by atoms with Crippen LogP contribution in [-0.2, 0) is 4.74 Å². The fourth-order valence-corrected chi connectivity index (χ4v) is 2.31. The van der Waals surface area contributed by atoms with Crippen LogP contribution in [0.3, 0.4) is 0 Å². The summed E-state index contributed by atoms with van der Waals surface area (Å²) < 4.78 is 37.7. The van der Waals surface area contributed by atoms with Crippen LogP contribution >= 0.6 is 0 Å². The monoisotopic (exact) mass is 271 g/mol. The Bertz CT molecular complexity index is 428. The van der Waals surface area contributed by atoms with Crippen molar-refractivity contribution in [1.82, 2.24) is 5.32 Å². The fraction of sp³-hybridized carbons (Fsp3) is 0.571. The molecule has 0 amide bonds. The van der Waals surface area contributed by atoms with Crippen LogP contribution in [0.4, 0.5) is 8.78 Å². The second-order valence-electron chi connectivity index (χ2n) is 4.53. The fourth-order valence-electron chi connectivity index (χ4n) is 2.31. The van der Waals surface area contributed by atoms with E-state index in [0.29, 0.717) is 6.61 Å². The number of hydrogen-bond acceptors (Lipinski definition) is 3. The molecular weight excluding hydrogens is 252 g/mol. The lowest BCUT2D eigenvalue weighted by molar-refractivity contribution is -0.105. The predicted octanol–water partition coefficient (Wildman–Crippen LogP) is 2.50. The lowest BCUT2D eigenvalue weighted by Crippen LogP contribution is -2.61. The third-order valence-electron chi connectivity index (χ3n) is 3.27. The zero-order valence-corrected chi connectivity index (χ0v) is 11.2. The van der Waals surface area contributed by atoms with Crippen molar-refractivity contribution in [1.29, 1.82) is 0 Å². The zero-order valence-electron chi connectivity index (χ0n) is 11.2. The molecule has 3 nitrogen and oxygen atoms in total. The van der Waals surface area contributed by atoms with Gasteiger partial charge in [0, 0.05) is 19.1 Å². The molecule has 1 fully saturated rings. The van der Waals surface area contributed by atoms with Crippen molar-refractivity contribution in [3.05, 3.63) is 29.8 Å². The molecule has 1 N–H and O–H groups in total. The maximum atomic E-state index is 13.5. The van der Waals surface area contributed by atoms with Crippen molar-refractivity contribution >= 4 is 0 Å². The first-order valence-corrected chi connectivity index (χ1v) is 6.63. The van der Waals surface area contributed by atoms with Gasteiger partial charge in [-0.1, -0.05) is 13.0 Å². The number of benzene rings is 1. The summed E-state index contributed by atoms with van der Waals surface area (Å²) >= 11 is 0. The molecule has 0 aromatic heterocycles. The Kier molecular flexibility index (Phi) is 4.71. The smallest absolute Gasteiger partial charge is 0.200 e. The second-order valence-corrected chi connectivity index (χ2v) is 4.53. The summed E-state index contributed by atoms with van der Waals surface area (Å²) in [5, 5.41) is 3.29. The van der Waals surface area contributed by atoms with Crippen molar-refractivity contribution < 1.29 is 18.3 Å². The highest BCUT2D eigenvalue weighted by Crippen LogP contribution is 2.30. The molecular formula is C14H19F2NO2. The van der Waals surface area contributed by atoms with E-state index >= 15 is 0 Å². The number of rotatable bonds is 6. The van der Waals surface area contributed by atoms with E-state index in [-0.39, 0.29) is 24.0 Å². The summed E-state index contributed by atoms with van der Waals surface area (Å²) in [6.07, 6.45) is 0.377. The van der Waals surface area contributed by atoms with Crippen LogP contribution in [0.2, 0.25) is 0 Å². The minimum Gasteiger partial charge on any atom is -0.484 e. The van der Waals surface area contributed by atoms with Gasteiger partial charge in [-0.15, -0.1) is 0 Å². The number of likely N-dealkylation sites (N-methyl/N-ethyl adjacent to an activating group) is 1. The zero-order chi connectivity index (χ0) is 13.8. The van der Waals surface area contributed by atoms with E-state index < -0.39 is 11.6 Å². The molecule has 0 aliphatic heterocycles. The molecule has 3 unspecified atom stereocenters. The largest absolute Gasteiger partial charge is 0.484 e. The Morgan fingerprint density at radius 2 is 2.11 bits per heavy atom. The molecule has 0 radical (unpaired) electrons. The van der Waals surface area contributed by atoms with Gasteiger partial charge in [-0.05, 0) is 25.6 Å². The molecule has 0 bridgehead atoms. The van der Waals surface area contributed by atoms with Gasteiger partial charge in [-0.3, -0.25) is 0 Å². The molecule has 19 heavy (non-hydrogen) atoms. The van der Waals surface area contributed by atoms with Gasteiger partial charge >= 0.3 is 0 Å². The second kappa shape index (κ2) is 6.30. The minimum atomic E-state index is -0.940. The van der Waals surface area contributed by atoms with E-state index in [1.54, 1.807) is 0 Å². The Morgan fingerprint density at radius 1 is 1.32 bits per heavy atom. The Hall–Kier alpha value is -1.20. The summed E-state index contributed by atoms with van der Waals surface area (Å²) in [6, 6.07) is 4.16. The van der Waals surface area contributed by atoms with Gasteiger partial charge in [0.05, 0.1) is 0 Å². The molecule has 1 aromatic rings. The normalized spacial score (nSPS) is 26.0. The van der Waals surface area contributed by atoms with Crippen molar-refractivity contribution in [2.24, 2.45) is 0 Å². The summed E-state index contributed by atoms with van der Waals surface area (Å²) in [6.45, 7) is 5.33. The first-order valence-electron chi connectivity index (χ1n) is 6.63. The lowest BCUT2D eigenvalue weighted by atomic mass is 9.85. The molecule has 1 aliphatic rings. The molecule has 1 aromatic carbocycles. The SMILES string of the molecule is CCNC1CC(Oc2cccc(F)c2F)C1OCC. The van der Waals surface area contributed by atoms with Gasteiger partial charge in [-0.25, -0.2) is 4.39 Å². The highest BCUT2D eigenvalue weighted by molar-refractivity contribution is 5.26. The van der Waals surface area contributed by atoms with Gasteiger partial charge in [0.15, 0.2) is 11.6 Å². The molecule has 0 saturated heterocycles. The van der Waals surface area contributed by atoms with Crippen LogP contribution in [0.5, 0.6) is 5.75 Å². The highest BCUT2D eigenvalue weighted by Gasteiger charge is 2.43.